The van der Waals surface area contributed by atoms with Gasteiger partial charge in [-0.2, -0.15) is 0 Å². The molecule has 0 amide bonds. The van der Waals surface area contributed by atoms with E-state index in [-0.39, 0.29) is 12.1 Å². The number of hydrogen-bond acceptors (Lipinski definition) is 2. The van der Waals surface area contributed by atoms with Gasteiger partial charge >= 0.3 is 5.97 Å². The van der Waals surface area contributed by atoms with E-state index in [1.807, 2.05) is 26.0 Å². The maximum Gasteiger partial charge on any atom is 0.302 e. The van der Waals surface area contributed by atoms with E-state index in [1.165, 1.54) is 18.9 Å². The zero-order valence-corrected chi connectivity index (χ0v) is 17.3. The summed E-state index contributed by atoms with van der Waals surface area (Å²) in [6, 6.07) is 8.34. The summed E-state index contributed by atoms with van der Waals surface area (Å²) in [5.41, 5.74) is 1.28. The van der Waals surface area contributed by atoms with Crippen LogP contribution in [0.25, 0.3) is 0 Å². The zero-order chi connectivity index (χ0) is 19.1. The minimum atomic E-state index is -0.168. The molecule has 0 spiro atoms. The molecule has 1 fully saturated rings. The molecule has 1 aliphatic carbocycles. The quantitative estimate of drug-likeness (QED) is 0.307. The Morgan fingerprint density at radius 1 is 1.08 bits per heavy atom. The van der Waals surface area contributed by atoms with Gasteiger partial charge in [-0.05, 0) is 50.8 Å². The van der Waals surface area contributed by atoms with Crippen LogP contribution >= 0.6 is 15.9 Å². The van der Waals surface area contributed by atoms with Gasteiger partial charge < -0.3 is 4.74 Å². The number of halogens is 1. The van der Waals surface area contributed by atoms with Crippen LogP contribution in [0, 0.1) is 0 Å². The predicted molar refractivity (Wildman–Crippen MR) is 112 cm³/mol. The van der Waals surface area contributed by atoms with E-state index in [9.17, 15) is 4.79 Å². The number of rotatable bonds is 3. The van der Waals surface area contributed by atoms with Crippen LogP contribution in [-0.2, 0) is 9.53 Å². The Morgan fingerprint density at radius 3 is 2.04 bits per heavy atom. The van der Waals surface area contributed by atoms with Gasteiger partial charge in [0.1, 0.15) is 6.10 Å². The molecule has 0 saturated heterocycles. The number of allylic oxidation sites excluding steroid dienone is 4. The average Bonchev–Trinajstić information content (AvgIpc) is 2.63. The third-order valence-electron chi connectivity index (χ3n) is 3.82. The molecule has 2 rings (SSSR count). The number of hydrogen-bond donors (Lipinski definition) is 0. The molecule has 0 N–H and O–H groups in total. The third-order valence-corrected chi connectivity index (χ3v) is 4.35. The second kappa shape index (κ2) is 14.7. The Hall–Kier alpha value is -1.61. The predicted octanol–water partition coefficient (Wildman–Crippen LogP) is 6.98. The Morgan fingerprint density at radius 2 is 1.60 bits per heavy atom. The molecule has 138 valence electrons. The Balaban J connectivity index is 0.000000609. The van der Waals surface area contributed by atoms with E-state index in [0.29, 0.717) is 5.92 Å². The largest absolute Gasteiger partial charge is 0.462 e. The number of carbonyl (C=O) groups excluding carboxylic acids is 1. The van der Waals surface area contributed by atoms with Gasteiger partial charge in [0.2, 0.25) is 0 Å². The zero-order valence-electron chi connectivity index (χ0n) is 15.7. The molecule has 1 aliphatic rings. The lowest BCUT2D eigenvalue weighted by atomic mass is 9.81. The van der Waals surface area contributed by atoms with E-state index in [4.69, 9.17) is 4.74 Å². The maximum absolute atomic E-state index is 11.1. The van der Waals surface area contributed by atoms with Crippen molar-refractivity contribution in [1.29, 1.82) is 0 Å². The summed E-state index contributed by atoms with van der Waals surface area (Å²) in [5.74, 6) is 0.194. The summed E-state index contributed by atoms with van der Waals surface area (Å²) in [4.78, 5) is 11.1. The summed E-state index contributed by atoms with van der Waals surface area (Å²) in [6.07, 6.45) is 11.8. The molecule has 0 heterocycles. The van der Waals surface area contributed by atoms with Crippen LogP contribution in [-0.4, -0.2) is 12.1 Å². The molecule has 1 saturated carbocycles. The van der Waals surface area contributed by atoms with Crippen molar-refractivity contribution in [2.75, 3.05) is 0 Å². The molecule has 0 aromatic heterocycles. The molecular formula is C22H31BrO2. The van der Waals surface area contributed by atoms with Crippen LogP contribution in [0.2, 0.25) is 0 Å². The van der Waals surface area contributed by atoms with Crippen molar-refractivity contribution in [1.82, 2.24) is 0 Å². The van der Waals surface area contributed by atoms with Crippen LogP contribution < -0.4 is 0 Å². The highest BCUT2D eigenvalue weighted by Gasteiger charge is 2.28. The fraction of sp³-hybridized carbons (Fsp3) is 0.409. The van der Waals surface area contributed by atoms with Gasteiger partial charge in [-0.1, -0.05) is 71.9 Å². The van der Waals surface area contributed by atoms with Crippen LogP contribution in [0.5, 0.6) is 0 Å². The molecule has 0 bridgehead atoms. The van der Waals surface area contributed by atoms with E-state index in [0.717, 1.165) is 23.7 Å². The number of esters is 1. The fourth-order valence-electron chi connectivity index (χ4n) is 2.54. The normalized spacial score (nSPS) is 18.9. The van der Waals surface area contributed by atoms with Crippen molar-refractivity contribution in [3.8, 4) is 0 Å². The van der Waals surface area contributed by atoms with Crippen molar-refractivity contribution in [2.45, 2.75) is 58.5 Å². The highest BCUT2D eigenvalue weighted by molar-refractivity contribution is 9.10. The van der Waals surface area contributed by atoms with E-state index in [2.05, 4.69) is 53.4 Å². The Labute approximate surface area is 161 Å². The van der Waals surface area contributed by atoms with Gasteiger partial charge in [0.25, 0.3) is 0 Å². The van der Waals surface area contributed by atoms with Gasteiger partial charge in [0.15, 0.2) is 0 Å². The van der Waals surface area contributed by atoms with E-state index in [1.54, 1.807) is 12.2 Å². The first kappa shape index (κ1) is 23.4. The lowest BCUT2D eigenvalue weighted by molar-refractivity contribution is -0.148. The minimum absolute atomic E-state index is 0.0578. The lowest BCUT2D eigenvalue weighted by Crippen LogP contribution is -2.27. The van der Waals surface area contributed by atoms with Gasteiger partial charge in [-0.25, -0.2) is 0 Å². The lowest BCUT2D eigenvalue weighted by Gasteiger charge is -2.31. The van der Waals surface area contributed by atoms with E-state index >= 15 is 0 Å². The van der Waals surface area contributed by atoms with Crippen molar-refractivity contribution >= 4 is 21.9 Å². The van der Waals surface area contributed by atoms with Gasteiger partial charge in [0.05, 0.1) is 0 Å². The number of benzene rings is 1. The van der Waals surface area contributed by atoms with Crippen molar-refractivity contribution in [2.24, 2.45) is 0 Å². The minimum Gasteiger partial charge on any atom is -0.462 e. The van der Waals surface area contributed by atoms with Gasteiger partial charge in [0, 0.05) is 17.3 Å². The molecule has 25 heavy (non-hydrogen) atoms. The third kappa shape index (κ3) is 10.8. The molecule has 2 atom stereocenters. The van der Waals surface area contributed by atoms with E-state index < -0.39 is 0 Å². The molecule has 1 aromatic rings. The van der Waals surface area contributed by atoms with Crippen molar-refractivity contribution in [3.63, 3.8) is 0 Å². The summed E-state index contributed by atoms with van der Waals surface area (Å²) < 4.78 is 6.52. The molecular weight excluding hydrogens is 376 g/mol. The molecule has 0 aliphatic heterocycles. The second-order valence-electron chi connectivity index (χ2n) is 5.73. The summed E-state index contributed by atoms with van der Waals surface area (Å²) >= 11 is 3.44. The second-order valence-corrected chi connectivity index (χ2v) is 6.64. The first-order chi connectivity index (χ1) is 12.0. The highest BCUT2D eigenvalue weighted by Crippen LogP contribution is 2.35. The summed E-state index contributed by atoms with van der Waals surface area (Å²) in [7, 11) is 0. The van der Waals surface area contributed by atoms with Crippen LogP contribution in [0.3, 0.4) is 0 Å². The van der Waals surface area contributed by atoms with Crippen LogP contribution in [0.1, 0.15) is 57.9 Å². The first-order valence-corrected chi connectivity index (χ1v) is 9.52. The molecule has 0 radical (unpaired) electrons. The SMILES string of the molecule is C/C=C\C.C=CC=C.CC(=O)OC1CCCCC1c1ccc(Br)cc1. The number of ether oxygens (including phenoxy) is 1. The van der Waals surface area contributed by atoms with Crippen LogP contribution in [0.15, 0.2) is 66.2 Å². The molecule has 2 nitrogen and oxygen atoms in total. The Kier molecular flexibility index (Phi) is 13.8. The van der Waals surface area contributed by atoms with Crippen molar-refractivity contribution in [3.05, 3.63) is 71.8 Å². The Bertz CT molecular complexity index is 521. The van der Waals surface area contributed by atoms with Gasteiger partial charge in [-0.15, -0.1) is 0 Å². The fourth-order valence-corrected chi connectivity index (χ4v) is 2.81. The van der Waals surface area contributed by atoms with Crippen LogP contribution in [0.4, 0.5) is 0 Å². The van der Waals surface area contributed by atoms with Gasteiger partial charge in [-0.3, -0.25) is 4.79 Å². The molecule has 1 aromatic carbocycles. The highest BCUT2D eigenvalue weighted by atomic mass is 79.9. The van der Waals surface area contributed by atoms with Crippen molar-refractivity contribution < 1.29 is 9.53 Å². The topological polar surface area (TPSA) is 26.3 Å². The molecule has 2 unspecified atom stereocenters. The summed E-state index contributed by atoms with van der Waals surface area (Å²) in [6.45, 7) is 12.2. The maximum atomic E-state index is 11.1. The standard InChI is InChI=1S/C14H17BrO2.C4H8.C4H6/c1-10(16)17-14-5-3-2-4-13(14)11-6-8-12(15)9-7-11;2*1-3-4-2/h6-9,13-14H,2-5H2,1H3;3-4H,1-2H3;3-4H,1-2H2/b;4-3-;. The number of carbonyl (C=O) groups is 1. The smallest absolute Gasteiger partial charge is 0.302 e. The molecule has 3 heteroatoms. The monoisotopic (exact) mass is 406 g/mol. The summed E-state index contributed by atoms with van der Waals surface area (Å²) in [5, 5.41) is 0. The average molecular weight is 407 g/mol. The first-order valence-electron chi connectivity index (χ1n) is 8.73.